The lowest BCUT2D eigenvalue weighted by Crippen LogP contribution is -2.72. The SMILES string of the molecule is CCN1C(=O)C2C(c3ccc(C)cc3)NC(=O)NC2N(CC)C1=O. The molecule has 3 atom stereocenters. The van der Waals surface area contributed by atoms with Crippen LogP contribution in [-0.4, -0.2) is 47.0 Å². The van der Waals surface area contributed by atoms with Crippen molar-refractivity contribution in [3.63, 3.8) is 0 Å². The summed E-state index contributed by atoms with van der Waals surface area (Å²) >= 11 is 0. The first-order valence-electron chi connectivity index (χ1n) is 8.23. The molecular weight excluding hydrogens is 308 g/mol. The van der Waals surface area contributed by atoms with Gasteiger partial charge in [0.2, 0.25) is 5.91 Å². The van der Waals surface area contributed by atoms with Gasteiger partial charge in [-0.25, -0.2) is 9.59 Å². The lowest BCUT2D eigenvalue weighted by molar-refractivity contribution is -0.141. The van der Waals surface area contributed by atoms with Gasteiger partial charge in [-0.1, -0.05) is 29.8 Å². The topological polar surface area (TPSA) is 81.8 Å². The Morgan fingerprint density at radius 1 is 1.00 bits per heavy atom. The van der Waals surface area contributed by atoms with Crippen LogP contribution in [-0.2, 0) is 4.79 Å². The molecule has 0 aromatic heterocycles. The second-order valence-corrected chi connectivity index (χ2v) is 6.13. The predicted molar refractivity (Wildman–Crippen MR) is 88.0 cm³/mol. The molecule has 2 aliphatic rings. The van der Waals surface area contributed by atoms with Crippen LogP contribution in [0.15, 0.2) is 24.3 Å². The van der Waals surface area contributed by atoms with E-state index in [-0.39, 0.29) is 18.0 Å². The number of carbonyl (C=O) groups excluding carboxylic acids is 3. The third-order valence-electron chi connectivity index (χ3n) is 4.72. The van der Waals surface area contributed by atoms with E-state index in [0.29, 0.717) is 13.1 Å². The standard InChI is InChI=1S/C17H22N4O3/c1-4-20-14-12(15(22)21(5-2)17(20)24)13(18-16(23)19-14)11-8-6-10(3)7-9-11/h6-9,12-14H,4-5H2,1-3H3,(H2,18,19,23). The van der Waals surface area contributed by atoms with E-state index >= 15 is 0 Å². The number of amides is 5. The van der Waals surface area contributed by atoms with Crippen LogP contribution in [0, 0.1) is 12.8 Å². The van der Waals surface area contributed by atoms with E-state index in [2.05, 4.69) is 10.6 Å². The Labute approximate surface area is 141 Å². The van der Waals surface area contributed by atoms with Gasteiger partial charge in [-0.15, -0.1) is 0 Å². The highest BCUT2D eigenvalue weighted by Crippen LogP contribution is 2.34. The molecule has 128 valence electrons. The van der Waals surface area contributed by atoms with Gasteiger partial charge in [0.25, 0.3) is 0 Å². The van der Waals surface area contributed by atoms with Crippen molar-refractivity contribution in [1.29, 1.82) is 0 Å². The van der Waals surface area contributed by atoms with Gasteiger partial charge in [0.1, 0.15) is 12.1 Å². The molecular formula is C17H22N4O3. The van der Waals surface area contributed by atoms with Gasteiger partial charge in [-0.3, -0.25) is 9.69 Å². The van der Waals surface area contributed by atoms with Crippen LogP contribution in [0.5, 0.6) is 0 Å². The normalized spacial score (nSPS) is 26.8. The summed E-state index contributed by atoms with van der Waals surface area (Å²) in [6, 6.07) is 6.55. The Morgan fingerprint density at radius 3 is 2.25 bits per heavy atom. The molecule has 2 aliphatic heterocycles. The van der Waals surface area contributed by atoms with E-state index in [0.717, 1.165) is 11.1 Å². The minimum Gasteiger partial charge on any atom is -0.330 e. The van der Waals surface area contributed by atoms with Gasteiger partial charge in [0.05, 0.1) is 6.04 Å². The van der Waals surface area contributed by atoms with Crippen molar-refractivity contribution in [3.05, 3.63) is 35.4 Å². The maximum atomic E-state index is 12.9. The van der Waals surface area contributed by atoms with Crippen molar-refractivity contribution in [2.75, 3.05) is 13.1 Å². The van der Waals surface area contributed by atoms with Gasteiger partial charge in [0, 0.05) is 13.1 Å². The van der Waals surface area contributed by atoms with Crippen molar-refractivity contribution in [2.45, 2.75) is 33.0 Å². The fourth-order valence-electron chi connectivity index (χ4n) is 3.46. The average Bonchev–Trinajstić information content (AvgIpc) is 2.55. The van der Waals surface area contributed by atoms with Crippen LogP contribution in [0.2, 0.25) is 0 Å². The molecule has 2 fully saturated rings. The summed E-state index contributed by atoms with van der Waals surface area (Å²) in [5.41, 5.74) is 1.96. The van der Waals surface area contributed by atoms with Crippen LogP contribution in [0.4, 0.5) is 9.59 Å². The van der Waals surface area contributed by atoms with E-state index in [4.69, 9.17) is 0 Å². The summed E-state index contributed by atoms with van der Waals surface area (Å²) in [6.45, 7) is 6.33. The number of hydrogen-bond acceptors (Lipinski definition) is 3. The van der Waals surface area contributed by atoms with Crippen LogP contribution in [0.1, 0.15) is 31.0 Å². The fraction of sp³-hybridized carbons (Fsp3) is 0.471. The molecule has 3 rings (SSSR count). The highest BCUT2D eigenvalue weighted by Gasteiger charge is 2.52. The van der Waals surface area contributed by atoms with Crippen LogP contribution in [0.3, 0.4) is 0 Å². The number of benzene rings is 1. The highest BCUT2D eigenvalue weighted by molar-refractivity contribution is 6.00. The summed E-state index contributed by atoms with van der Waals surface area (Å²) in [5.74, 6) is -0.807. The Bertz CT molecular complexity index is 673. The molecule has 2 saturated heterocycles. The fourth-order valence-corrected chi connectivity index (χ4v) is 3.46. The number of nitrogens with one attached hydrogen (secondary N) is 2. The molecule has 0 spiro atoms. The maximum absolute atomic E-state index is 12.9. The Morgan fingerprint density at radius 2 is 1.67 bits per heavy atom. The van der Waals surface area contributed by atoms with Gasteiger partial charge in [-0.2, -0.15) is 0 Å². The van der Waals surface area contributed by atoms with Gasteiger partial charge < -0.3 is 15.5 Å². The molecule has 1 aromatic rings. The lowest BCUT2D eigenvalue weighted by Gasteiger charge is -2.49. The second kappa shape index (κ2) is 6.14. The predicted octanol–water partition coefficient (Wildman–Crippen LogP) is 1.60. The van der Waals surface area contributed by atoms with E-state index in [1.165, 1.54) is 4.90 Å². The molecule has 2 heterocycles. The quantitative estimate of drug-likeness (QED) is 0.883. The summed E-state index contributed by atoms with van der Waals surface area (Å²) in [6.07, 6.45) is -0.627. The second-order valence-electron chi connectivity index (χ2n) is 6.13. The monoisotopic (exact) mass is 330 g/mol. The molecule has 7 heteroatoms. The Balaban J connectivity index is 2.04. The van der Waals surface area contributed by atoms with Crippen LogP contribution < -0.4 is 10.6 Å². The Hall–Kier alpha value is -2.57. The van der Waals surface area contributed by atoms with Crippen molar-refractivity contribution in [2.24, 2.45) is 5.92 Å². The molecule has 7 nitrogen and oxygen atoms in total. The summed E-state index contributed by atoms with van der Waals surface area (Å²) in [5, 5.41) is 5.59. The molecule has 3 unspecified atom stereocenters. The third kappa shape index (κ3) is 2.50. The van der Waals surface area contributed by atoms with E-state index in [1.54, 1.807) is 11.8 Å². The number of fused-ring (bicyclic) bond motifs is 1. The van der Waals surface area contributed by atoms with Crippen LogP contribution >= 0.6 is 0 Å². The van der Waals surface area contributed by atoms with Crippen molar-refractivity contribution in [3.8, 4) is 0 Å². The molecule has 24 heavy (non-hydrogen) atoms. The third-order valence-corrected chi connectivity index (χ3v) is 4.72. The number of urea groups is 2. The van der Waals surface area contributed by atoms with Gasteiger partial charge in [0.15, 0.2) is 0 Å². The largest absolute Gasteiger partial charge is 0.330 e. The van der Waals surface area contributed by atoms with Crippen molar-refractivity contribution in [1.82, 2.24) is 20.4 Å². The lowest BCUT2D eigenvalue weighted by atomic mass is 9.85. The minimum absolute atomic E-state index is 0.254. The number of aryl methyl sites for hydroxylation is 1. The number of carbonyl (C=O) groups is 3. The van der Waals surface area contributed by atoms with Gasteiger partial charge in [-0.05, 0) is 26.3 Å². The zero-order valence-electron chi connectivity index (χ0n) is 14.1. The first-order valence-corrected chi connectivity index (χ1v) is 8.23. The molecule has 0 radical (unpaired) electrons. The van der Waals surface area contributed by atoms with Crippen molar-refractivity contribution < 1.29 is 14.4 Å². The molecule has 2 N–H and O–H groups in total. The minimum atomic E-state index is -0.627. The number of rotatable bonds is 3. The maximum Gasteiger partial charge on any atom is 0.328 e. The number of imide groups is 1. The Kier molecular flexibility index (Phi) is 4.17. The van der Waals surface area contributed by atoms with Gasteiger partial charge >= 0.3 is 12.1 Å². The average molecular weight is 330 g/mol. The summed E-state index contributed by atoms with van der Waals surface area (Å²) in [7, 11) is 0. The van der Waals surface area contributed by atoms with E-state index in [9.17, 15) is 14.4 Å². The summed E-state index contributed by atoms with van der Waals surface area (Å²) < 4.78 is 0. The smallest absolute Gasteiger partial charge is 0.328 e. The molecule has 0 bridgehead atoms. The first kappa shape index (κ1) is 16.3. The number of nitrogens with zero attached hydrogens (tertiary/aromatic N) is 2. The molecule has 0 aliphatic carbocycles. The van der Waals surface area contributed by atoms with E-state index in [1.807, 2.05) is 38.1 Å². The number of hydrogen-bond donors (Lipinski definition) is 2. The van der Waals surface area contributed by atoms with Crippen LogP contribution in [0.25, 0.3) is 0 Å². The zero-order valence-corrected chi connectivity index (χ0v) is 14.1. The zero-order chi connectivity index (χ0) is 17.4. The molecule has 5 amide bonds. The van der Waals surface area contributed by atoms with Crippen molar-refractivity contribution >= 4 is 18.0 Å². The highest BCUT2D eigenvalue weighted by atomic mass is 16.2. The van der Waals surface area contributed by atoms with E-state index < -0.39 is 18.1 Å². The first-order chi connectivity index (χ1) is 11.5. The molecule has 0 saturated carbocycles. The summed E-state index contributed by atoms with van der Waals surface area (Å²) in [4.78, 5) is 40.3. The molecule has 1 aromatic carbocycles.